The van der Waals surface area contributed by atoms with Crippen LogP contribution in [0, 0.1) is 4.64 Å². The van der Waals surface area contributed by atoms with Crippen LogP contribution in [-0.2, 0) is 33.3 Å². The minimum atomic E-state index is -1.00. The number of aromatic nitrogens is 4. The van der Waals surface area contributed by atoms with Crippen LogP contribution >= 0.6 is 12.2 Å². The second-order valence-corrected chi connectivity index (χ2v) is 7.19. The van der Waals surface area contributed by atoms with Gasteiger partial charge in [0.2, 0.25) is 0 Å². The smallest absolute Gasteiger partial charge is 0.306 e. The van der Waals surface area contributed by atoms with E-state index in [0.29, 0.717) is 21.6 Å². The standard InChI is InChI=1S/C19H24N4O7S/c1-4-10(24)27-7-9-14(29-11(25)5-2)15(30-12(26)6-3)16(28-9)18-22-13-17(23-18)20-8-21-19(13)31/h8-9,14-16H,4-7H2,1-3H3,(H2,20,21,22,23,31)/t9-,14-,15+,16?/m1/s1. The van der Waals surface area contributed by atoms with E-state index in [1.165, 1.54) is 6.33 Å². The summed E-state index contributed by atoms with van der Waals surface area (Å²) in [6.07, 6.45) is -1.94. The Morgan fingerprint density at radius 3 is 2.32 bits per heavy atom. The van der Waals surface area contributed by atoms with Crippen LogP contribution in [0.4, 0.5) is 0 Å². The molecule has 1 saturated heterocycles. The molecule has 0 aliphatic carbocycles. The summed E-state index contributed by atoms with van der Waals surface area (Å²) >= 11 is 5.21. The molecule has 3 heterocycles. The maximum atomic E-state index is 12.1. The summed E-state index contributed by atoms with van der Waals surface area (Å²) in [5, 5.41) is 0. The number of imidazole rings is 1. The highest BCUT2D eigenvalue weighted by molar-refractivity contribution is 7.71. The van der Waals surface area contributed by atoms with Crippen LogP contribution in [0.3, 0.4) is 0 Å². The summed E-state index contributed by atoms with van der Waals surface area (Å²) in [4.78, 5) is 50.2. The first-order valence-electron chi connectivity index (χ1n) is 10.0. The van der Waals surface area contributed by atoms with Crippen molar-refractivity contribution < 1.29 is 33.3 Å². The summed E-state index contributed by atoms with van der Waals surface area (Å²) < 4.78 is 22.7. The Morgan fingerprint density at radius 1 is 1.06 bits per heavy atom. The van der Waals surface area contributed by atoms with E-state index >= 15 is 0 Å². The highest BCUT2D eigenvalue weighted by Crippen LogP contribution is 2.37. The molecule has 0 amide bonds. The molecule has 1 unspecified atom stereocenters. The third-order valence-electron chi connectivity index (χ3n) is 4.71. The van der Waals surface area contributed by atoms with Gasteiger partial charge < -0.3 is 28.9 Å². The number of rotatable bonds is 8. The Balaban J connectivity index is 1.98. The third-order valence-corrected chi connectivity index (χ3v) is 5.02. The van der Waals surface area contributed by atoms with Crippen LogP contribution < -0.4 is 0 Å². The number of hydrogen-bond donors (Lipinski definition) is 2. The van der Waals surface area contributed by atoms with Crippen molar-refractivity contribution in [3.63, 3.8) is 0 Å². The van der Waals surface area contributed by atoms with Gasteiger partial charge in [0.1, 0.15) is 24.1 Å². The number of nitrogens with zero attached hydrogens (tertiary/aromatic N) is 2. The van der Waals surface area contributed by atoms with Gasteiger partial charge in [-0.1, -0.05) is 33.0 Å². The number of carbonyl (C=O) groups is 3. The molecule has 0 radical (unpaired) electrons. The Kier molecular flexibility index (Phi) is 7.33. The van der Waals surface area contributed by atoms with Gasteiger partial charge in [0.25, 0.3) is 0 Å². The number of carbonyl (C=O) groups excluding carboxylic acids is 3. The molecule has 11 nitrogen and oxygen atoms in total. The molecule has 1 aliphatic rings. The molecule has 31 heavy (non-hydrogen) atoms. The number of esters is 3. The summed E-state index contributed by atoms with van der Waals surface area (Å²) in [7, 11) is 0. The van der Waals surface area contributed by atoms with Crippen molar-refractivity contribution in [2.45, 2.75) is 64.4 Å². The zero-order chi connectivity index (χ0) is 22.5. The quantitative estimate of drug-likeness (QED) is 0.347. The molecule has 168 valence electrons. The van der Waals surface area contributed by atoms with Crippen molar-refractivity contribution in [2.75, 3.05) is 6.61 Å². The van der Waals surface area contributed by atoms with E-state index in [9.17, 15) is 14.4 Å². The highest BCUT2D eigenvalue weighted by atomic mass is 32.1. The molecular weight excluding hydrogens is 428 g/mol. The zero-order valence-electron chi connectivity index (χ0n) is 17.4. The zero-order valence-corrected chi connectivity index (χ0v) is 18.2. The molecule has 0 bridgehead atoms. The third kappa shape index (κ3) is 5.07. The highest BCUT2D eigenvalue weighted by Gasteiger charge is 2.51. The fraction of sp³-hybridized carbons (Fsp3) is 0.579. The van der Waals surface area contributed by atoms with Gasteiger partial charge in [-0.3, -0.25) is 14.4 Å². The summed E-state index contributed by atoms with van der Waals surface area (Å²) in [5.74, 6) is -1.14. The molecular formula is C19H24N4O7S. The van der Waals surface area contributed by atoms with E-state index in [0.717, 1.165) is 0 Å². The van der Waals surface area contributed by atoms with E-state index in [4.69, 9.17) is 31.2 Å². The lowest BCUT2D eigenvalue weighted by molar-refractivity contribution is -0.168. The van der Waals surface area contributed by atoms with Gasteiger partial charge in [-0.05, 0) is 0 Å². The number of hydrogen-bond acceptors (Lipinski definition) is 10. The van der Waals surface area contributed by atoms with Crippen molar-refractivity contribution >= 4 is 41.3 Å². The first-order valence-corrected chi connectivity index (χ1v) is 10.4. The number of nitrogens with one attached hydrogen (secondary N) is 2. The van der Waals surface area contributed by atoms with Crippen LogP contribution in [0.15, 0.2) is 6.33 Å². The van der Waals surface area contributed by atoms with Crippen LogP contribution in [0.25, 0.3) is 11.2 Å². The SMILES string of the molecule is CCC(=O)OC[C@H]1OC(c2nc3[nH]cnc(=S)c3[nH]2)[C@@H](OC(=O)CC)[C@@H]1OC(=O)CC. The van der Waals surface area contributed by atoms with E-state index in [-0.39, 0.29) is 25.9 Å². The second-order valence-electron chi connectivity index (χ2n) is 6.80. The Hall–Kier alpha value is -2.86. The molecule has 2 N–H and O–H groups in total. The Bertz CT molecular complexity index is 1020. The van der Waals surface area contributed by atoms with Crippen molar-refractivity contribution in [2.24, 2.45) is 0 Å². The Morgan fingerprint density at radius 2 is 1.71 bits per heavy atom. The first-order chi connectivity index (χ1) is 14.9. The van der Waals surface area contributed by atoms with E-state index < -0.39 is 42.3 Å². The van der Waals surface area contributed by atoms with E-state index in [1.54, 1.807) is 20.8 Å². The molecule has 2 aromatic rings. The number of fused-ring (bicyclic) bond motifs is 1. The van der Waals surface area contributed by atoms with Crippen molar-refractivity contribution in [3.05, 3.63) is 16.8 Å². The lowest BCUT2D eigenvalue weighted by Gasteiger charge is -2.23. The first kappa shape index (κ1) is 22.8. The minimum Gasteiger partial charge on any atom is -0.463 e. The van der Waals surface area contributed by atoms with Crippen LogP contribution in [0.2, 0.25) is 0 Å². The molecule has 0 saturated carbocycles. The van der Waals surface area contributed by atoms with Crippen molar-refractivity contribution in [3.8, 4) is 0 Å². The molecule has 3 rings (SSSR count). The van der Waals surface area contributed by atoms with Gasteiger partial charge in [-0.25, -0.2) is 9.97 Å². The average molecular weight is 452 g/mol. The Labute approximate surface area is 182 Å². The molecule has 0 aromatic carbocycles. The normalized spacial score (nSPS) is 22.9. The van der Waals surface area contributed by atoms with Crippen LogP contribution in [-0.4, -0.2) is 62.8 Å². The number of H-pyrrole nitrogens is 2. The predicted molar refractivity (Wildman–Crippen MR) is 108 cm³/mol. The van der Waals surface area contributed by atoms with Gasteiger partial charge in [-0.15, -0.1) is 0 Å². The maximum absolute atomic E-state index is 12.1. The molecule has 0 spiro atoms. The predicted octanol–water partition coefficient (Wildman–Crippen LogP) is 2.05. The molecule has 4 atom stereocenters. The second kappa shape index (κ2) is 9.96. The number of ether oxygens (including phenoxy) is 4. The lowest BCUT2D eigenvalue weighted by atomic mass is 10.1. The monoisotopic (exact) mass is 452 g/mol. The van der Waals surface area contributed by atoms with Gasteiger partial charge in [0.15, 0.2) is 28.6 Å². The van der Waals surface area contributed by atoms with E-state index in [1.807, 2.05) is 0 Å². The molecule has 1 fully saturated rings. The molecule has 1 aliphatic heterocycles. The van der Waals surface area contributed by atoms with Crippen molar-refractivity contribution in [1.82, 2.24) is 19.9 Å². The largest absolute Gasteiger partial charge is 0.463 e. The van der Waals surface area contributed by atoms with Gasteiger partial charge >= 0.3 is 17.9 Å². The van der Waals surface area contributed by atoms with Gasteiger partial charge in [0, 0.05) is 19.3 Å². The van der Waals surface area contributed by atoms with Gasteiger partial charge in [0.05, 0.1) is 6.33 Å². The fourth-order valence-corrected chi connectivity index (χ4v) is 3.30. The van der Waals surface area contributed by atoms with Crippen molar-refractivity contribution in [1.29, 1.82) is 0 Å². The fourth-order valence-electron chi connectivity index (χ4n) is 3.10. The lowest BCUT2D eigenvalue weighted by Crippen LogP contribution is -2.40. The van der Waals surface area contributed by atoms with Crippen LogP contribution in [0.1, 0.15) is 52.0 Å². The summed E-state index contributed by atoms with van der Waals surface area (Å²) in [6.45, 7) is 4.77. The van der Waals surface area contributed by atoms with E-state index in [2.05, 4.69) is 19.9 Å². The summed E-state index contributed by atoms with van der Waals surface area (Å²) in [6, 6.07) is 0. The minimum absolute atomic E-state index is 0.112. The molecule has 12 heteroatoms. The topological polar surface area (TPSA) is 145 Å². The average Bonchev–Trinajstić information content (AvgIpc) is 3.34. The molecule has 2 aromatic heterocycles. The summed E-state index contributed by atoms with van der Waals surface area (Å²) in [5.41, 5.74) is 0.932. The van der Waals surface area contributed by atoms with Gasteiger partial charge in [-0.2, -0.15) is 0 Å². The van der Waals surface area contributed by atoms with Crippen LogP contribution in [0.5, 0.6) is 0 Å². The maximum Gasteiger partial charge on any atom is 0.306 e. The number of aromatic amines is 2.